The average Bonchev–Trinajstić information content (AvgIpc) is 2.77. The topological polar surface area (TPSA) is 76.3 Å². The van der Waals surface area contributed by atoms with Crippen molar-refractivity contribution in [2.75, 3.05) is 6.61 Å². The first-order valence-corrected chi connectivity index (χ1v) is 6.72. The highest BCUT2D eigenvalue weighted by Crippen LogP contribution is 2.27. The summed E-state index contributed by atoms with van der Waals surface area (Å²) < 4.78 is 0.768. The van der Waals surface area contributed by atoms with Crippen LogP contribution >= 0.6 is 27.3 Å². The monoisotopic (exact) mass is 330 g/mol. The molecule has 2 rings (SSSR count). The van der Waals surface area contributed by atoms with Crippen LogP contribution in [-0.2, 0) is 0 Å². The van der Waals surface area contributed by atoms with Crippen LogP contribution in [0.4, 0.5) is 5.69 Å². The lowest BCUT2D eigenvalue weighted by Gasteiger charge is -1.95. The molecule has 0 atom stereocenters. The smallest absolute Gasteiger partial charge is 0.270 e. The summed E-state index contributed by atoms with van der Waals surface area (Å²) in [5.74, 6) is 0. The van der Waals surface area contributed by atoms with E-state index < -0.39 is 4.92 Å². The molecule has 1 aromatic carbocycles. The standard InChI is InChI=1S/C9H5BrN2O2S.C2H6O/c10-9-11-8(5-15-9)6-2-1-3-7(4-6)12(13)14;1-2-3/h1-5H;3H,2H2,1H3. The summed E-state index contributed by atoms with van der Waals surface area (Å²) in [5.41, 5.74) is 1.58. The summed E-state index contributed by atoms with van der Waals surface area (Å²) in [4.78, 5) is 14.4. The van der Waals surface area contributed by atoms with Crippen LogP contribution < -0.4 is 0 Å². The number of benzene rings is 1. The van der Waals surface area contributed by atoms with E-state index in [0.29, 0.717) is 0 Å². The third-order valence-electron chi connectivity index (χ3n) is 1.83. The van der Waals surface area contributed by atoms with Gasteiger partial charge in [-0.1, -0.05) is 12.1 Å². The lowest BCUT2D eigenvalue weighted by Crippen LogP contribution is -1.87. The molecule has 96 valence electrons. The maximum absolute atomic E-state index is 10.6. The molecular weight excluding hydrogens is 320 g/mol. The van der Waals surface area contributed by atoms with Crippen LogP contribution in [0.15, 0.2) is 33.6 Å². The quantitative estimate of drug-likeness (QED) is 0.675. The number of aromatic nitrogens is 1. The zero-order valence-corrected chi connectivity index (χ0v) is 11.9. The molecule has 0 saturated carbocycles. The Bertz CT molecular complexity index is 531. The van der Waals surface area contributed by atoms with Crippen molar-refractivity contribution in [2.45, 2.75) is 6.92 Å². The first-order valence-electron chi connectivity index (χ1n) is 5.05. The number of hydrogen-bond acceptors (Lipinski definition) is 5. The normalized spacial score (nSPS) is 9.50. The second-order valence-electron chi connectivity index (χ2n) is 3.11. The van der Waals surface area contributed by atoms with Gasteiger partial charge in [-0.15, -0.1) is 11.3 Å². The molecule has 0 bridgehead atoms. The summed E-state index contributed by atoms with van der Waals surface area (Å²) >= 11 is 4.70. The molecule has 1 N–H and O–H groups in total. The van der Waals surface area contributed by atoms with Crippen molar-refractivity contribution in [1.29, 1.82) is 0 Å². The van der Waals surface area contributed by atoms with Crippen molar-refractivity contribution in [3.05, 3.63) is 43.7 Å². The Morgan fingerprint density at radius 3 is 2.72 bits per heavy atom. The number of aliphatic hydroxyl groups excluding tert-OH is 1. The summed E-state index contributed by atoms with van der Waals surface area (Å²) in [6.07, 6.45) is 0. The lowest BCUT2D eigenvalue weighted by atomic mass is 10.1. The Morgan fingerprint density at radius 1 is 1.56 bits per heavy atom. The first-order chi connectivity index (χ1) is 8.58. The van der Waals surface area contributed by atoms with E-state index in [1.807, 2.05) is 5.38 Å². The van der Waals surface area contributed by atoms with Gasteiger partial charge < -0.3 is 5.11 Å². The van der Waals surface area contributed by atoms with Gasteiger partial charge in [-0.05, 0) is 22.9 Å². The minimum absolute atomic E-state index is 0.0802. The Morgan fingerprint density at radius 2 is 2.22 bits per heavy atom. The fourth-order valence-electron chi connectivity index (χ4n) is 1.16. The van der Waals surface area contributed by atoms with Crippen LogP contribution in [0.3, 0.4) is 0 Å². The van der Waals surface area contributed by atoms with Crippen LogP contribution in [0.5, 0.6) is 0 Å². The van der Waals surface area contributed by atoms with Crippen LogP contribution in [0, 0.1) is 10.1 Å². The van der Waals surface area contributed by atoms with Gasteiger partial charge in [0, 0.05) is 29.7 Å². The van der Waals surface area contributed by atoms with Crippen molar-refractivity contribution in [3.8, 4) is 11.3 Å². The molecule has 1 aromatic heterocycles. The second-order valence-corrected chi connectivity index (χ2v) is 5.24. The van der Waals surface area contributed by atoms with Gasteiger partial charge in [-0.2, -0.15) is 0 Å². The highest BCUT2D eigenvalue weighted by atomic mass is 79.9. The highest BCUT2D eigenvalue weighted by Gasteiger charge is 2.08. The van der Waals surface area contributed by atoms with Gasteiger partial charge in [0.2, 0.25) is 0 Å². The fraction of sp³-hybridized carbons (Fsp3) is 0.182. The van der Waals surface area contributed by atoms with E-state index in [1.165, 1.54) is 23.5 Å². The molecule has 0 aliphatic heterocycles. The largest absolute Gasteiger partial charge is 0.397 e. The number of hydrogen-bond donors (Lipinski definition) is 1. The molecule has 0 aliphatic rings. The van der Waals surface area contributed by atoms with Gasteiger partial charge >= 0.3 is 0 Å². The van der Waals surface area contributed by atoms with Crippen LogP contribution in [0.1, 0.15) is 6.92 Å². The molecule has 0 fully saturated rings. The number of rotatable bonds is 2. The van der Waals surface area contributed by atoms with E-state index in [4.69, 9.17) is 5.11 Å². The van der Waals surface area contributed by atoms with Crippen molar-refractivity contribution >= 4 is 33.0 Å². The number of aliphatic hydroxyl groups is 1. The number of thiazole rings is 1. The molecule has 0 aliphatic carbocycles. The maximum Gasteiger partial charge on any atom is 0.270 e. The molecule has 18 heavy (non-hydrogen) atoms. The van der Waals surface area contributed by atoms with Crippen LogP contribution in [-0.4, -0.2) is 21.6 Å². The van der Waals surface area contributed by atoms with Crippen molar-refractivity contribution in [2.24, 2.45) is 0 Å². The van der Waals surface area contributed by atoms with Gasteiger partial charge in [0.1, 0.15) is 0 Å². The number of nitro groups is 1. The number of halogens is 1. The third kappa shape index (κ3) is 4.17. The molecule has 0 unspecified atom stereocenters. The van der Waals surface area contributed by atoms with Crippen molar-refractivity contribution in [1.82, 2.24) is 4.98 Å². The lowest BCUT2D eigenvalue weighted by molar-refractivity contribution is -0.384. The number of nitro benzene ring substituents is 1. The van der Waals surface area contributed by atoms with Gasteiger partial charge in [0.05, 0.1) is 10.6 Å². The maximum atomic E-state index is 10.6. The van der Waals surface area contributed by atoms with E-state index in [0.717, 1.165) is 15.2 Å². The second kappa shape index (κ2) is 7.20. The van der Waals surface area contributed by atoms with Crippen LogP contribution in [0.2, 0.25) is 0 Å². The summed E-state index contributed by atoms with van der Waals surface area (Å²) in [5, 5.41) is 20.0. The molecule has 0 spiro atoms. The predicted octanol–water partition coefficient (Wildman–Crippen LogP) is 3.48. The molecule has 1 heterocycles. The Kier molecular flexibility index (Phi) is 5.90. The molecule has 5 nitrogen and oxygen atoms in total. The van der Waals surface area contributed by atoms with Crippen molar-refractivity contribution in [3.63, 3.8) is 0 Å². The Balaban J connectivity index is 0.000000492. The van der Waals surface area contributed by atoms with E-state index >= 15 is 0 Å². The Hall–Kier alpha value is -1.31. The molecule has 7 heteroatoms. The van der Waals surface area contributed by atoms with Crippen LogP contribution in [0.25, 0.3) is 11.3 Å². The zero-order chi connectivity index (χ0) is 13.5. The van der Waals surface area contributed by atoms with E-state index in [-0.39, 0.29) is 12.3 Å². The minimum atomic E-state index is -0.412. The summed E-state index contributed by atoms with van der Waals surface area (Å²) in [7, 11) is 0. The molecule has 0 saturated heterocycles. The fourth-order valence-corrected chi connectivity index (χ4v) is 2.18. The highest BCUT2D eigenvalue weighted by molar-refractivity contribution is 9.11. The molecule has 0 radical (unpaired) electrons. The van der Waals surface area contributed by atoms with E-state index in [1.54, 1.807) is 19.1 Å². The van der Waals surface area contributed by atoms with Crippen molar-refractivity contribution < 1.29 is 10.0 Å². The number of nitrogens with zero attached hydrogens (tertiary/aromatic N) is 2. The molecule has 2 aromatic rings. The third-order valence-corrected chi connectivity index (χ3v) is 3.19. The van der Waals surface area contributed by atoms with Gasteiger partial charge in [-0.3, -0.25) is 10.1 Å². The van der Waals surface area contributed by atoms with Gasteiger partial charge in [0.15, 0.2) is 3.92 Å². The zero-order valence-electron chi connectivity index (χ0n) is 9.54. The molecule has 0 amide bonds. The van der Waals surface area contributed by atoms with E-state index in [2.05, 4.69) is 20.9 Å². The predicted molar refractivity (Wildman–Crippen MR) is 74.7 cm³/mol. The SMILES string of the molecule is CCO.O=[N+]([O-])c1cccc(-c2csc(Br)n2)c1. The first kappa shape index (κ1) is 14.7. The molecular formula is C11H11BrN2O3S. The van der Waals surface area contributed by atoms with E-state index in [9.17, 15) is 10.1 Å². The van der Waals surface area contributed by atoms with Gasteiger partial charge in [-0.25, -0.2) is 4.98 Å². The number of non-ortho nitro benzene ring substituents is 1. The minimum Gasteiger partial charge on any atom is -0.397 e. The summed E-state index contributed by atoms with van der Waals surface area (Å²) in [6, 6.07) is 6.43. The average molecular weight is 331 g/mol. The Labute approximate surface area is 116 Å². The van der Waals surface area contributed by atoms with Gasteiger partial charge in [0.25, 0.3) is 5.69 Å². The summed E-state index contributed by atoms with van der Waals surface area (Å²) in [6.45, 7) is 1.93.